The Labute approximate surface area is 172 Å². The third-order valence-corrected chi connectivity index (χ3v) is 6.25. The topological polar surface area (TPSA) is 108 Å². The summed E-state index contributed by atoms with van der Waals surface area (Å²) < 4.78 is 39.8. The number of aromatic nitrogens is 4. The summed E-state index contributed by atoms with van der Waals surface area (Å²) in [6, 6.07) is 2.98. The molecule has 0 atom stereocenters. The highest BCUT2D eigenvalue weighted by molar-refractivity contribution is 9.10. The van der Waals surface area contributed by atoms with Gasteiger partial charge in [0.2, 0.25) is 11.8 Å². The van der Waals surface area contributed by atoms with E-state index in [1.54, 1.807) is 6.92 Å². The summed E-state index contributed by atoms with van der Waals surface area (Å²) in [5.41, 5.74) is 0.644. The van der Waals surface area contributed by atoms with Crippen LogP contribution in [0.1, 0.15) is 5.56 Å². The zero-order valence-electron chi connectivity index (χ0n) is 14.1. The van der Waals surface area contributed by atoms with Crippen LogP contribution in [0.3, 0.4) is 0 Å². The van der Waals surface area contributed by atoms with Gasteiger partial charge in [-0.2, -0.15) is 22.9 Å². The van der Waals surface area contributed by atoms with Crippen molar-refractivity contribution in [2.75, 3.05) is 18.9 Å². The molecule has 9 nitrogen and oxygen atoms in total. The first-order valence-corrected chi connectivity index (χ1v) is 10.2. The van der Waals surface area contributed by atoms with Crippen LogP contribution in [0, 0.1) is 6.92 Å². The van der Waals surface area contributed by atoms with Gasteiger partial charge in [-0.05, 0) is 18.6 Å². The lowest BCUT2D eigenvalue weighted by Gasteiger charge is -2.12. The second-order valence-electron chi connectivity index (χ2n) is 5.21. The summed E-state index contributed by atoms with van der Waals surface area (Å²) >= 11 is 15.7. The second kappa shape index (κ2) is 7.30. The lowest BCUT2D eigenvalue weighted by molar-refractivity contribution is 0.364. The highest BCUT2D eigenvalue weighted by atomic mass is 79.9. The van der Waals surface area contributed by atoms with Gasteiger partial charge in [-0.1, -0.05) is 39.1 Å². The van der Waals surface area contributed by atoms with Gasteiger partial charge in [0, 0.05) is 4.47 Å². The van der Waals surface area contributed by atoms with Crippen LogP contribution in [0.5, 0.6) is 11.8 Å². The minimum Gasteiger partial charge on any atom is -0.481 e. The van der Waals surface area contributed by atoms with Crippen LogP contribution in [0.25, 0.3) is 5.78 Å². The van der Waals surface area contributed by atoms with Gasteiger partial charge in [0.15, 0.2) is 0 Å². The average Bonchev–Trinajstić information content (AvgIpc) is 3.07. The summed E-state index contributed by atoms with van der Waals surface area (Å²) in [5.74, 6) is 0.371. The molecule has 3 aromatic rings. The molecule has 0 bridgehead atoms. The maximum absolute atomic E-state index is 12.7. The summed E-state index contributed by atoms with van der Waals surface area (Å²) in [7, 11) is -1.40. The Morgan fingerprint density at radius 1 is 1.19 bits per heavy atom. The molecule has 0 saturated carbocycles. The van der Waals surface area contributed by atoms with E-state index in [0.717, 1.165) is 4.52 Å². The molecule has 0 fully saturated rings. The molecule has 3 rings (SSSR count). The average molecular weight is 497 g/mol. The van der Waals surface area contributed by atoms with Gasteiger partial charge >= 0.3 is 0 Å². The molecule has 0 spiro atoms. The van der Waals surface area contributed by atoms with Gasteiger partial charge in [-0.25, -0.2) is 0 Å². The minimum atomic E-state index is -4.21. The van der Waals surface area contributed by atoms with Gasteiger partial charge in [0.25, 0.3) is 21.0 Å². The van der Waals surface area contributed by atoms with Crippen LogP contribution in [-0.2, 0) is 10.0 Å². The molecule has 0 radical (unpaired) electrons. The fourth-order valence-corrected chi connectivity index (χ4v) is 4.43. The lowest BCUT2D eigenvalue weighted by atomic mass is 10.2. The zero-order valence-corrected chi connectivity index (χ0v) is 18.0. The van der Waals surface area contributed by atoms with E-state index < -0.39 is 15.2 Å². The van der Waals surface area contributed by atoms with E-state index in [1.165, 1.54) is 26.4 Å². The van der Waals surface area contributed by atoms with Crippen molar-refractivity contribution in [3.8, 4) is 11.8 Å². The first kappa shape index (κ1) is 19.9. The van der Waals surface area contributed by atoms with Crippen molar-refractivity contribution in [2.24, 2.45) is 0 Å². The molecular formula is C14H12BrCl2N5O4S. The normalized spacial score (nSPS) is 11.6. The molecule has 1 aromatic carbocycles. The summed E-state index contributed by atoms with van der Waals surface area (Å²) in [6.07, 6.45) is 0. The Morgan fingerprint density at radius 3 is 2.52 bits per heavy atom. The number of hydrogen-bond acceptors (Lipinski definition) is 7. The molecule has 13 heteroatoms. The predicted molar refractivity (Wildman–Crippen MR) is 104 cm³/mol. The Balaban J connectivity index is 2.10. The van der Waals surface area contributed by atoms with E-state index >= 15 is 0 Å². The van der Waals surface area contributed by atoms with Gasteiger partial charge in [0.1, 0.15) is 0 Å². The molecular weight excluding hydrogens is 485 g/mol. The zero-order chi connectivity index (χ0) is 19.9. The standard InChI is InChI=1S/C14H12BrCl2N5O4S/c1-6-7(15)4-8(16)12(11(6)17)21-27(23,24)14-19-13-18-9(25-2)5-10(26-3)22(13)20-14/h4-5,21H,1-3H3. The van der Waals surface area contributed by atoms with Crippen molar-refractivity contribution < 1.29 is 17.9 Å². The SMILES string of the molecule is COc1cc(OC)n2nc(S(=O)(=O)Nc3c(Cl)cc(Br)c(C)c3Cl)nc2n1. The largest absolute Gasteiger partial charge is 0.481 e. The summed E-state index contributed by atoms with van der Waals surface area (Å²) in [4.78, 5) is 7.97. The van der Waals surface area contributed by atoms with Crippen LogP contribution in [0.4, 0.5) is 5.69 Å². The monoisotopic (exact) mass is 495 g/mol. The highest BCUT2D eigenvalue weighted by Crippen LogP contribution is 2.38. The molecule has 0 aliphatic heterocycles. The Hall–Kier alpha value is -1.82. The van der Waals surface area contributed by atoms with Crippen LogP contribution in [-0.4, -0.2) is 42.2 Å². The number of nitrogens with zero attached hydrogens (tertiary/aromatic N) is 4. The Bertz CT molecular complexity index is 1150. The van der Waals surface area contributed by atoms with E-state index in [4.69, 9.17) is 32.7 Å². The van der Waals surface area contributed by atoms with E-state index in [0.29, 0.717) is 10.0 Å². The molecule has 27 heavy (non-hydrogen) atoms. The quantitative estimate of drug-likeness (QED) is 0.577. The number of rotatable bonds is 5. The van der Waals surface area contributed by atoms with Crippen molar-refractivity contribution >= 4 is 60.6 Å². The van der Waals surface area contributed by atoms with Crippen LogP contribution >= 0.6 is 39.1 Å². The molecule has 144 valence electrons. The fraction of sp³-hybridized carbons (Fsp3) is 0.214. The van der Waals surface area contributed by atoms with E-state index in [2.05, 4.69) is 35.7 Å². The van der Waals surface area contributed by atoms with Gasteiger partial charge in [-0.15, -0.1) is 5.10 Å². The van der Waals surface area contributed by atoms with Crippen LogP contribution in [0.2, 0.25) is 10.0 Å². The van der Waals surface area contributed by atoms with Crippen molar-refractivity contribution in [1.29, 1.82) is 0 Å². The minimum absolute atomic E-state index is 0.0178. The molecule has 1 N–H and O–H groups in total. The number of halogens is 3. The van der Waals surface area contributed by atoms with Crippen molar-refractivity contribution in [3.05, 3.63) is 32.2 Å². The number of benzene rings is 1. The maximum Gasteiger partial charge on any atom is 0.299 e. The van der Waals surface area contributed by atoms with Crippen molar-refractivity contribution in [1.82, 2.24) is 19.6 Å². The molecule has 0 amide bonds. The number of methoxy groups -OCH3 is 2. The van der Waals surface area contributed by atoms with E-state index in [-0.39, 0.29) is 33.3 Å². The fourth-order valence-electron chi connectivity index (χ4n) is 2.13. The van der Waals surface area contributed by atoms with Crippen LogP contribution < -0.4 is 14.2 Å². The number of hydrogen-bond donors (Lipinski definition) is 1. The Morgan fingerprint density at radius 2 is 1.89 bits per heavy atom. The molecule has 2 aromatic heterocycles. The van der Waals surface area contributed by atoms with Crippen molar-refractivity contribution in [2.45, 2.75) is 12.1 Å². The van der Waals surface area contributed by atoms with Crippen LogP contribution in [0.15, 0.2) is 21.8 Å². The van der Waals surface area contributed by atoms with Gasteiger partial charge < -0.3 is 9.47 Å². The van der Waals surface area contributed by atoms with Crippen molar-refractivity contribution in [3.63, 3.8) is 0 Å². The third kappa shape index (κ3) is 3.64. The summed E-state index contributed by atoms with van der Waals surface area (Å²) in [5, 5.41) is 3.67. The number of sulfonamides is 1. The van der Waals surface area contributed by atoms with E-state index in [1.807, 2.05) is 0 Å². The first-order chi connectivity index (χ1) is 12.7. The molecule has 0 unspecified atom stereocenters. The predicted octanol–water partition coefficient (Wildman–Crippen LogP) is 3.32. The number of anilines is 1. The Kier molecular flexibility index (Phi) is 5.39. The third-order valence-electron chi connectivity index (χ3n) is 3.53. The number of fused-ring (bicyclic) bond motifs is 1. The number of ether oxygens (including phenoxy) is 2. The van der Waals surface area contributed by atoms with E-state index in [9.17, 15) is 8.42 Å². The van der Waals surface area contributed by atoms with Gasteiger partial charge in [-0.3, -0.25) is 4.72 Å². The number of nitrogens with one attached hydrogen (secondary N) is 1. The highest BCUT2D eigenvalue weighted by Gasteiger charge is 2.26. The second-order valence-corrected chi connectivity index (χ2v) is 8.42. The lowest BCUT2D eigenvalue weighted by Crippen LogP contribution is -2.16. The maximum atomic E-state index is 12.7. The molecule has 0 saturated heterocycles. The molecule has 2 heterocycles. The van der Waals surface area contributed by atoms with Gasteiger partial charge in [0.05, 0.1) is 36.0 Å². The summed E-state index contributed by atoms with van der Waals surface area (Å²) in [6.45, 7) is 1.71. The smallest absolute Gasteiger partial charge is 0.299 e. The first-order valence-electron chi connectivity index (χ1n) is 7.20. The molecule has 0 aliphatic rings. The molecule has 0 aliphatic carbocycles.